The average molecular weight is 288 g/mol. The minimum atomic E-state index is -1.38. The molecule has 0 radical (unpaired) electrons. The lowest BCUT2D eigenvalue weighted by atomic mass is 9.80. The predicted molar refractivity (Wildman–Crippen MR) is 81.4 cm³/mol. The van der Waals surface area contributed by atoms with E-state index in [4.69, 9.17) is 9.47 Å². The molecule has 0 aromatic heterocycles. The van der Waals surface area contributed by atoms with Gasteiger partial charge in [0.15, 0.2) is 5.41 Å². The van der Waals surface area contributed by atoms with Crippen LogP contribution in [0, 0.1) is 5.41 Å². The van der Waals surface area contributed by atoms with Crippen molar-refractivity contribution in [2.75, 3.05) is 14.2 Å². The van der Waals surface area contributed by atoms with E-state index < -0.39 is 17.4 Å². The number of benzene rings is 1. The van der Waals surface area contributed by atoms with Gasteiger partial charge >= 0.3 is 11.9 Å². The summed E-state index contributed by atoms with van der Waals surface area (Å²) < 4.78 is 9.55. The molecule has 1 aromatic rings. The monoisotopic (exact) mass is 288 g/mol. The van der Waals surface area contributed by atoms with Crippen LogP contribution in [0.3, 0.4) is 0 Å². The number of carbonyl (C=O) groups is 2. The van der Waals surface area contributed by atoms with E-state index in [1.807, 2.05) is 36.4 Å². The first-order chi connectivity index (χ1) is 10.1. The summed E-state index contributed by atoms with van der Waals surface area (Å²) in [6.07, 6.45) is 5.49. The molecule has 21 heavy (non-hydrogen) atoms. The van der Waals surface area contributed by atoms with E-state index >= 15 is 0 Å². The van der Waals surface area contributed by atoms with Crippen LogP contribution in [0.1, 0.15) is 18.4 Å². The summed E-state index contributed by atoms with van der Waals surface area (Å²) in [4.78, 5) is 24.1. The molecule has 0 N–H and O–H groups in total. The van der Waals surface area contributed by atoms with Crippen LogP contribution in [0.5, 0.6) is 0 Å². The second-order valence-corrected chi connectivity index (χ2v) is 4.58. The number of hydrogen-bond acceptors (Lipinski definition) is 4. The topological polar surface area (TPSA) is 52.6 Å². The van der Waals surface area contributed by atoms with Gasteiger partial charge in [-0.05, 0) is 18.4 Å². The number of hydrogen-bond donors (Lipinski definition) is 0. The summed E-state index contributed by atoms with van der Waals surface area (Å²) >= 11 is 0. The molecule has 1 rings (SSSR count). The highest BCUT2D eigenvalue weighted by Crippen LogP contribution is 2.31. The van der Waals surface area contributed by atoms with Crippen LogP contribution >= 0.6 is 0 Å². The summed E-state index contributed by atoms with van der Waals surface area (Å²) in [5, 5.41) is 0. The lowest BCUT2D eigenvalue weighted by Gasteiger charge is -2.25. The van der Waals surface area contributed by atoms with Gasteiger partial charge in [0.2, 0.25) is 0 Å². The second kappa shape index (κ2) is 8.04. The second-order valence-electron chi connectivity index (χ2n) is 4.58. The molecule has 0 atom stereocenters. The van der Waals surface area contributed by atoms with E-state index in [0.29, 0.717) is 0 Å². The summed E-state index contributed by atoms with van der Waals surface area (Å²) in [7, 11) is 2.51. The molecule has 0 aliphatic carbocycles. The number of methoxy groups -OCH3 is 2. The molecule has 0 fully saturated rings. The van der Waals surface area contributed by atoms with Crippen molar-refractivity contribution in [3.8, 4) is 0 Å². The molecular formula is C17H20O4. The van der Waals surface area contributed by atoms with Crippen LogP contribution in [-0.2, 0) is 19.1 Å². The first-order valence-electron chi connectivity index (χ1n) is 6.60. The van der Waals surface area contributed by atoms with Gasteiger partial charge in [0.1, 0.15) is 0 Å². The zero-order chi connectivity index (χ0) is 15.7. The predicted octanol–water partition coefficient (Wildman–Crippen LogP) is 3.00. The van der Waals surface area contributed by atoms with Gasteiger partial charge in [-0.3, -0.25) is 9.59 Å². The van der Waals surface area contributed by atoms with Gasteiger partial charge in [-0.2, -0.15) is 0 Å². The fourth-order valence-corrected chi connectivity index (χ4v) is 2.10. The third-order valence-corrected chi connectivity index (χ3v) is 3.22. The molecule has 4 nitrogen and oxygen atoms in total. The van der Waals surface area contributed by atoms with Crippen LogP contribution in [0.4, 0.5) is 0 Å². The molecule has 1 aromatic carbocycles. The van der Waals surface area contributed by atoms with Crippen molar-refractivity contribution in [1.82, 2.24) is 0 Å². The normalized spacial score (nSPS) is 11.1. The molecule has 112 valence electrons. The number of carbonyl (C=O) groups excluding carboxylic acids is 2. The lowest BCUT2D eigenvalue weighted by Crippen LogP contribution is -2.40. The van der Waals surface area contributed by atoms with Crippen LogP contribution in [0.15, 0.2) is 49.1 Å². The maximum Gasteiger partial charge on any atom is 0.323 e. The Balaban J connectivity index is 3.01. The number of esters is 2. The lowest BCUT2D eigenvalue weighted by molar-refractivity contribution is -0.168. The highest BCUT2D eigenvalue weighted by atomic mass is 16.5. The fourth-order valence-electron chi connectivity index (χ4n) is 2.10. The van der Waals surface area contributed by atoms with Gasteiger partial charge in [0, 0.05) is 0 Å². The first kappa shape index (κ1) is 16.7. The number of ether oxygens (including phenoxy) is 2. The Morgan fingerprint density at radius 2 is 1.67 bits per heavy atom. The molecule has 0 heterocycles. The van der Waals surface area contributed by atoms with Crippen molar-refractivity contribution in [3.63, 3.8) is 0 Å². The van der Waals surface area contributed by atoms with Crippen molar-refractivity contribution in [2.24, 2.45) is 5.41 Å². The molecule has 4 heteroatoms. The van der Waals surface area contributed by atoms with Gasteiger partial charge < -0.3 is 9.47 Å². The Bertz CT molecular complexity index is 501. The standard InChI is InChI=1S/C17H20O4/c1-4-12-17(15(18)20-2,16(19)21-3)13-8-11-14-9-6-5-7-10-14/h4-11H,1,12-13H2,2-3H3/b11-8+. The van der Waals surface area contributed by atoms with Crippen molar-refractivity contribution in [1.29, 1.82) is 0 Å². The van der Waals surface area contributed by atoms with Gasteiger partial charge in [-0.15, -0.1) is 6.58 Å². The Morgan fingerprint density at radius 1 is 1.10 bits per heavy atom. The van der Waals surface area contributed by atoms with Gasteiger partial charge in [-0.25, -0.2) is 0 Å². The summed E-state index contributed by atoms with van der Waals surface area (Å²) in [5.41, 5.74) is -0.393. The summed E-state index contributed by atoms with van der Waals surface area (Å²) in [6.45, 7) is 3.61. The molecular weight excluding hydrogens is 268 g/mol. The fraction of sp³-hybridized carbons (Fsp3) is 0.294. The van der Waals surface area contributed by atoms with E-state index in [1.54, 1.807) is 6.08 Å². The van der Waals surface area contributed by atoms with Crippen LogP contribution < -0.4 is 0 Å². The number of rotatable bonds is 7. The molecule has 0 saturated heterocycles. The average Bonchev–Trinajstić information content (AvgIpc) is 2.53. The summed E-state index contributed by atoms with van der Waals surface area (Å²) in [5.74, 6) is -1.24. The van der Waals surface area contributed by atoms with Crippen molar-refractivity contribution >= 4 is 18.0 Å². The summed E-state index contributed by atoms with van der Waals surface area (Å²) in [6, 6.07) is 9.61. The zero-order valence-corrected chi connectivity index (χ0v) is 12.4. The minimum Gasteiger partial charge on any atom is -0.468 e. The van der Waals surface area contributed by atoms with Crippen molar-refractivity contribution in [3.05, 3.63) is 54.6 Å². The van der Waals surface area contributed by atoms with E-state index in [2.05, 4.69) is 6.58 Å². The zero-order valence-electron chi connectivity index (χ0n) is 12.4. The smallest absolute Gasteiger partial charge is 0.323 e. The van der Waals surface area contributed by atoms with Crippen LogP contribution in [-0.4, -0.2) is 26.2 Å². The first-order valence-corrected chi connectivity index (χ1v) is 6.60. The molecule has 0 bridgehead atoms. The highest BCUT2D eigenvalue weighted by molar-refractivity contribution is 6.00. The molecule has 0 amide bonds. The molecule has 0 saturated carbocycles. The molecule has 0 aliphatic heterocycles. The van der Waals surface area contributed by atoms with Crippen molar-refractivity contribution < 1.29 is 19.1 Å². The maximum absolute atomic E-state index is 12.1. The van der Waals surface area contributed by atoms with Crippen LogP contribution in [0.25, 0.3) is 6.08 Å². The SMILES string of the molecule is C=CCC(C/C=C/c1ccccc1)(C(=O)OC)C(=O)OC. The van der Waals surface area contributed by atoms with Crippen molar-refractivity contribution in [2.45, 2.75) is 12.8 Å². The Kier molecular flexibility index (Phi) is 6.40. The quantitative estimate of drug-likeness (QED) is 0.440. The third kappa shape index (κ3) is 4.05. The molecule has 0 spiro atoms. The Labute approximate surface area is 125 Å². The number of allylic oxidation sites excluding steroid dienone is 2. The maximum atomic E-state index is 12.1. The van der Waals surface area contributed by atoms with E-state index in [9.17, 15) is 9.59 Å². The van der Waals surface area contributed by atoms with Gasteiger partial charge in [-0.1, -0.05) is 48.6 Å². The van der Waals surface area contributed by atoms with Crippen LogP contribution in [0.2, 0.25) is 0 Å². The highest BCUT2D eigenvalue weighted by Gasteiger charge is 2.46. The molecule has 0 unspecified atom stereocenters. The Hall–Kier alpha value is -2.36. The third-order valence-electron chi connectivity index (χ3n) is 3.22. The van der Waals surface area contributed by atoms with E-state index in [-0.39, 0.29) is 12.8 Å². The van der Waals surface area contributed by atoms with E-state index in [1.165, 1.54) is 20.3 Å². The molecule has 0 aliphatic rings. The largest absolute Gasteiger partial charge is 0.468 e. The van der Waals surface area contributed by atoms with Gasteiger partial charge in [0.05, 0.1) is 14.2 Å². The van der Waals surface area contributed by atoms with Gasteiger partial charge in [0.25, 0.3) is 0 Å². The van der Waals surface area contributed by atoms with E-state index in [0.717, 1.165) is 5.56 Å². The Morgan fingerprint density at radius 3 is 2.14 bits per heavy atom. The minimum absolute atomic E-state index is 0.158.